The van der Waals surface area contributed by atoms with E-state index in [1.165, 1.54) is 11.1 Å². The summed E-state index contributed by atoms with van der Waals surface area (Å²) in [7, 11) is 1.60. The fourth-order valence-electron chi connectivity index (χ4n) is 5.02. The number of hydrogen-bond donors (Lipinski definition) is 2. The van der Waals surface area contributed by atoms with E-state index < -0.39 is 24.0 Å². The molecule has 2 N–H and O–H groups in total. The van der Waals surface area contributed by atoms with Gasteiger partial charge in [-0.3, -0.25) is 19.3 Å². The summed E-state index contributed by atoms with van der Waals surface area (Å²) >= 11 is 0. The number of esters is 1. The average molecular weight is 544 g/mol. The van der Waals surface area contributed by atoms with Crippen molar-refractivity contribution in [2.75, 3.05) is 26.8 Å². The summed E-state index contributed by atoms with van der Waals surface area (Å²) in [5.41, 5.74) is 4.34. The summed E-state index contributed by atoms with van der Waals surface area (Å²) < 4.78 is 10.3. The Morgan fingerprint density at radius 2 is 1.60 bits per heavy atom. The number of aryl methyl sites for hydroxylation is 1. The second-order valence-electron chi connectivity index (χ2n) is 9.77. The lowest BCUT2D eigenvalue weighted by atomic mass is 9.95. The van der Waals surface area contributed by atoms with Gasteiger partial charge < -0.3 is 20.1 Å². The van der Waals surface area contributed by atoms with Crippen LogP contribution in [0.5, 0.6) is 5.75 Å². The first-order valence-electron chi connectivity index (χ1n) is 13.7. The number of carbonyl (C=O) groups is 3. The molecular weight excluding hydrogens is 506 g/mol. The number of methoxy groups -OCH3 is 1. The SMILES string of the molecule is CCOC(=O)CNC(=O)C(CCc1ccccc1)NC(=O)C(c1ccc(OC)cc1)N1CCc2ccccc2C1. The molecule has 40 heavy (non-hydrogen) atoms. The molecule has 1 heterocycles. The molecule has 2 unspecified atom stereocenters. The zero-order valence-electron chi connectivity index (χ0n) is 23.1. The van der Waals surface area contributed by atoms with Crippen LogP contribution in [0.3, 0.4) is 0 Å². The third-order valence-corrected chi connectivity index (χ3v) is 7.11. The smallest absolute Gasteiger partial charge is 0.325 e. The van der Waals surface area contributed by atoms with Crippen LogP contribution in [-0.4, -0.2) is 55.5 Å². The Morgan fingerprint density at radius 3 is 2.30 bits per heavy atom. The molecule has 1 aliphatic heterocycles. The molecule has 1 aliphatic rings. The molecule has 0 bridgehead atoms. The largest absolute Gasteiger partial charge is 0.497 e. The van der Waals surface area contributed by atoms with Crippen LogP contribution in [0.4, 0.5) is 0 Å². The molecule has 2 atom stereocenters. The van der Waals surface area contributed by atoms with E-state index >= 15 is 0 Å². The number of benzene rings is 3. The number of nitrogens with one attached hydrogen (secondary N) is 2. The number of fused-ring (bicyclic) bond motifs is 1. The fraction of sp³-hybridized carbons (Fsp3) is 0.344. The lowest BCUT2D eigenvalue weighted by molar-refractivity contribution is -0.143. The van der Waals surface area contributed by atoms with Crippen molar-refractivity contribution in [3.8, 4) is 5.75 Å². The lowest BCUT2D eigenvalue weighted by Crippen LogP contribution is -2.52. The monoisotopic (exact) mass is 543 g/mol. The van der Waals surface area contributed by atoms with E-state index in [2.05, 4.69) is 27.7 Å². The van der Waals surface area contributed by atoms with Crippen molar-refractivity contribution in [2.45, 2.75) is 44.8 Å². The van der Waals surface area contributed by atoms with Crippen molar-refractivity contribution >= 4 is 17.8 Å². The van der Waals surface area contributed by atoms with Gasteiger partial charge in [0.05, 0.1) is 13.7 Å². The maximum absolute atomic E-state index is 14.0. The van der Waals surface area contributed by atoms with Gasteiger partial charge in [0.2, 0.25) is 11.8 Å². The number of ether oxygens (including phenoxy) is 2. The molecule has 8 nitrogen and oxygen atoms in total. The van der Waals surface area contributed by atoms with Gasteiger partial charge in [0, 0.05) is 13.1 Å². The first-order chi connectivity index (χ1) is 19.5. The minimum atomic E-state index is -0.833. The normalized spacial score (nSPS) is 14.3. The standard InChI is InChI=1S/C32H37N3O5/c1-3-40-29(36)21-33-31(37)28(18-13-23-9-5-4-6-10-23)34-32(38)30(25-14-16-27(39-2)17-15-25)35-20-19-24-11-7-8-12-26(24)22-35/h4-12,14-17,28,30H,3,13,18-22H2,1-2H3,(H,33,37)(H,34,38). The minimum absolute atomic E-state index is 0.228. The van der Waals surface area contributed by atoms with Crippen LogP contribution in [0.2, 0.25) is 0 Å². The highest BCUT2D eigenvalue weighted by Gasteiger charge is 2.33. The van der Waals surface area contributed by atoms with Gasteiger partial charge in [-0.1, -0.05) is 66.7 Å². The molecule has 2 amide bonds. The first-order valence-corrected chi connectivity index (χ1v) is 13.7. The maximum atomic E-state index is 14.0. The Balaban J connectivity index is 1.56. The minimum Gasteiger partial charge on any atom is -0.497 e. The second kappa shape index (κ2) is 14.3. The molecule has 0 fully saturated rings. The van der Waals surface area contributed by atoms with Gasteiger partial charge in [-0.15, -0.1) is 0 Å². The van der Waals surface area contributed by atoms with Gasteiger partial charge in [-0.25, -0.2) is 0 Å². The molecule has 210 valence electrons. The molecule has 0 saturated carbocycles. The Morgan fingerprint density at radius 1 is 0.900 bits per heavy atom. The van der Waals surface area contributed by atoms with Gasteiger partial charge in [0.25, 0.3) is 0 Å². The lowest BCUT2D eigenvalue weighted by Gasteiger charge is -2.35. The molecule has 0 saturated heterocycles. The van der Waals surface area contributed by atoms with Gasteiger partial charge in [-0.2, -0.15) is 0 Å². The van der Waals surface area contributed by atoms with Crippen molar-refractivity contribution in [1.29, 1.82) is 0 Å². The van der Waals surface area contributed by atoms with Crippen molar-refractivity contribution < 1.29 is 23.9 Å². The zero-order valence-corrected chi connectivity index (χ0v) is 23.1. The number of hydrogen-bond acceptors (Lipinski definition) is 6. The number of carbonyl (C=O) groups excluding carboxylic acids is 3. The summed E-state index contributed by atoms with van der Waals surface area (Å²) in [5.74, 6) is -0.512. The third kappa shape index (κ3) is 7.70. The Kier molecular flexibility index (Phi) is 10.3. The highest BCUT2D eigenvalue weighted by Crippen LogP contribution is 2.29. The first kappa shape index (κ1) is 28.8. The van der Waals surface area contributed by atoms with Crippen LogP contribution in [0.1, 0.15) is 41.6 Å². The molecule has 3 aromatic rings. The van der Waals surface area contributed by atoms with Gasteiger partial charge in [0.1, 0.15) is 24.4 Å². The van der Waals surface area contributed by atoms with Crippen LogP contribution in [0.25, 0.3) is 0 Å². The van der Waals surface area contributed by atoms with E-state index in [-0.39, 0.29) is 19.1 Å². The molecule has 0 spiro atoms. The second-order valence-corrected chi connectivity index (χ2v) is 9.77. The summed E-state index contributed by atoms with van der Waals surface area (Å²) in [6.07, 6.45) is 1.79. The predicted molar refractivity (Wildman–Crippen MR) is 153 cm³/mol. The molecular formula is C32H37N3O5. The summed E-state index contributed by atoms with van der Waals surface area (Å²) in [4.78, 5) is 41.3. The van der Waals surface area contributed by atoms with Crippen LogP contribution in [0.15, 0.2) is 78.9 Å². The summed E-state index contributed by atoms with van der Waals surface area (Å²) in [6, 6.07) is 24.1. The van der Waals surface area contributed by atoms with Crippen molar-refractivity contribution in [1.82, 2.24) is 15.5 Å². The average Bonchev–Trinajstić information content (AvgIpc) is 2.99. The molecule has 3 aromatic carbocycles. The Hall–Kier alpha value is -4.17. The number of amides is 2. The molecule has 0 aromatic heterocycles. The number of rotatable bonds is 12. The summed E-state index contributed by atoms with van der Waals surface area (Å²) in [6.45, 7) is 3.00. The predicted octanol–water partition coefficient (Wildman–Crippen LogP) is 3.59. The van der Waals surface area contributed by atoms with Crippen molar-refractivity contribution in [3.05, 3.63) is 101 Å². The Labute approximate surface area is 235 Å². The van der Waals surface area contributed by atoms with Crippen molar-refractivity contribution in [3.63, 3.8) is 0 Å². The highest BCUT2D eigenvalue weighted by molar-refractivity contribution is 5.91. The van der Waals surface area contributed by atoms with E-state index in [1.807, 2.05) is 66.7 Å². The van der Waals surface area contributed by atoms with Gasteiger partial charge >= 0.3 is 5.97 Å². The van der Waals surface area contributed by atoms with Crippen LogP contribution in [0, 0.1) is 0 Å². The number of nitrogens with zero attached hydrogens (tertiary/aromatic N) is 1. The van der Waals surface area contributed by atoms with E-state index in [1.54, 1.807) is 14.0 Å². The third-order valence-electron chi connectivity index (χ3n) is 7.11. The topological polar surface area (TPSA) is 97.0 Å². The molecule has 0 radical (unpaired) electrons. The Bertz CT molecular complexity index is 1280. The maximum Gasteiger partial charge on any atom is 0.325 e. The van der Waals surface area contributed by atoms with Gasteiger partial charge in [0.15, 0.2) is 0 Å². The zero-order chi connectivity index (χ0) is 28.3. The van der Waals surface area contributed by atoms with E-state index in [4.69, 9.17) is 9.47 Å². The molecule has 0 aliphatic carbocycles. The van der Waals surface area contributed by atoms with Crippen LogP contribution in [-0.2, 0) is 38.5 Å². The van der Waals surface area contributed by atoms with E-state index in [9.17, 15) is 14.4 Å². The molecule has 8 heteroatoms. The highest BCUT2D eigenvalue weighted by atomic mass is 16.5. The van der Waals surface area contributed by atoms with Crippen molar-refractivity contribution in [2.24, 2.45) is 0 Å². The van der Waals surface area contributed by atoms with Crippen LogP contribution < -0.4 is 15.4 Å². The quantitative estimate of drug-likeness (QED) is 0.339. The summed E-state index contributed by atoms with van der Waals surface area (Å²) in [5, 5.41) is 5.65. The van der Waals surface area contributed by atoms with Gasteiger partial charge in [-0.05, 0) is 60.6 Å². The molecule has 4 rings (SSSR count). The fourth-order valence-corrected chi connectivity index (χ4v) is 5.02. The van der Waals surface area contributed by atoms with Crippen LogP contribution >= 0.6 is 0 Å². The van der Waals surface area contributed by atoms with E-state index in [0.717, 1.165) is 17.5 Å². The van der Waals surface area contributed by atoms with E-state index in [0.29, 0.717) is 31.7 Å².